The Kier molecular flexibility index (Phi) is 3.94. The predicted octanol–water partition coefficient (Wildman–Crippen LogP) is 1.95. The molecule has 2 unspecified atom stereocenters. The van der Waals surface area contributed by atoms with Gasteiger partial charge in [0.15, 0.2) is 0 Å². The molecule has 1 saturated carbocycles. The zero-order chi connectivity index (χ0) is 12.3. The summed E-state index contributed by atoms with van der Waals surface area (Å²) in [4.78, 5) is 18.7. The molecule has 1 fully saturated rings. The van der Waals surface area contributed by atoms with Crippen molar-refractivity contribution < 1.29 is 5.11 Å². The quantitative estimate of drug-likeness (QED) is 0.843. The fourth-order valence-corrected chi connectivity index (χ4v) is 2.67. The monoisotopic (exact) mass is 236 g/mol. The van der Waals surface area contributed by atoms with Crippen LogP contribution in [-0.4, -0.2) is 15.1 Å². The van der Waals surface area contributed by atoms with Crippen LogP contribution in [0.25, 0.3) is 0 Å². The molecule has 1 heterocycles. The first-order valence-corrected chi connectivity index (χ1v) is 6.43. The van der Waals surface area contributed by atoms with E-state index in [-0.39, 0.29) is 12.2 Å². The van der Waals surface area contributed by atoms with Gasteiger partial charge in [0.25, 0.3) is 5.56 Å². The first-order chi connectivity index (χ1) is 8.24. The van der Waals surface area contributed by atoms with Crippen molar-refractivity contribution in [2.75, 3.05) is 0 Å². The van der Waals surface area contributed by atoms with Gasteiger partial charge in [-0.05, 0) is 18.8 Å². The van der Waals surface area contributed by atoms with Gasteiger partial charge < -0.3 is 10.1 Å². The van der Waals surface area contributed by atoms with Gasteiger partial charge in [0.2, 0.25) is 0 Å². The number of nitrogens with zero attached hydrogens (tertiary/aromatic N) is 1. The maximum atomic E-state index is 11.6. The van der Waals surface area contributed by atoms with Gasteiger partial charge in [-0.1, -0.05) is 26.2 Å². The van der Waals surface area contributed by atoms with Crippen molar-refractivity contribution in [3.05, 3.63) is 27.9 Å². The third-order valence-corrected chi connectivity index (χ3v) is 3.81. The van der Waals surface area contributed by atoms with Crippen LogP contribution in [0, 0.1) is 5.92 Å². The number of aromatic amines is 1. The third-order valence-electron chi connectivity index (χ3n) is 3.81. The van der Waals surface area contributed by atoms with Crippen LogP contribution >= 0.6 is 0 Å². The molecule has 0 radical (unpaired) electrons. The lowest BCUT2D eigenvalue weighted by Gasteiger charge is -2.27. The van der Waals surface area contributed by atoms with Crippen LogP contribution in [0.5, 0.6) is 0 Å². The largest absolute Gasteiger partial charge is 0.391 e. The van der Waals surface area contributed by atoms with Gasteiger partial charge in [-0.3, -0.25) is 4.79 Å². The van der Waals surface area contributed by atoms with Crippen LogP contribution in [-0.2, 0) is 6.61 Å². The molecular weight excluding hydrogens is 216 g/mol. The molecule has 94 valence electrons. The average Bonchev–Trinajstić information content (AvgIpc) is 2.38. The fraction of sp³-hybridized carbons (Fsp3) is 0.692. The molecule has 0 aliphatic heterocycles. The predicted molar refractivity (Wildman–Crippen MR) is 65.8 cm³/mol. The first-order valence-electron chi connectivity index (χ1n) is 6.43. The van der Waals surface area contributed by atoms with Crippen LogP contribution in [0.15, 0.2) is 11.0 Å². The van der Waals surface area contributed by atoms with Crippen LogP contribution in [0.3, 0.4) is 0 Å². The molecule has 1 aliphatic carbocycles. The lowest BCUT2D eigenvalue weighted by atomic mass is 9.80. The van der Waals surface area contributed by atoms with Crippen molar-refractivity contribution in [3.8, 4) is 0 Å². The molecule has 17 heavy (non-hydrogen) atoms. The van der Waals surface area contributed by atoms with E-state index in [0.717, 1.165) is 24.6 Å². The SMILES string of the molecule is CCC1CCCC(c2ncc(CO)c(=O)[nH]2)C1. The molecule has 2 rings (SSSR count). The van der Waals surface area contributed by atoms with E-state index in [0.29, 0.717) is 11.5 Å². The molecule has 0 spiro atoms. The smallest absolute Gasteiger partial charge is 0.256 e. The van der Waals surface area contributed by atoms with Gasteiger partial charge in [0.05, 0.1) is 12.2 Å². The Bertz CT molecular complexity index is 428. The number of hydrogen-bond donors (Lipinski definition) is 2. The summed E-state index contributed by atoms with van der Waals surface area (Å²) >= 11 is 0. The summed E-state index contributed by atoms with van der Waals surface area (Å²) in [5.74, 6) is 1.94. The second-order valence-electron chi connectivity index (χ2n) is 4.92. The topological polar surface area (TPSA) is 66.0 Å². The van der Waals surface area contributed by atoms with E-state index < -0.39 is 0 Å². The number of hydrogen-bond acceptors (Lipinski definition) is 3. The Morgan fingerprint density at radius 2 is 2.35 bits per heavy atom. The Hall–Kier alpha value is -1.16. The Labute approximate surface area is 101 Å². The Morgan fingerprint density at radius 3 is 3.00 bits per heavy atom. The minimum atomic E-state index is -0.245. The molecule has 2 atom stereocenters. The highest BCUT2D eigenvalue weighted by molar-refractivity contribution is 5.07. The highest BCUT2D eigenvalue weighted by Gasteiger charge is 2.23. The number of aliphatic hydroxyl groups excluding tert-OH is 1. The summed E-state index contributed by atoms with van der Waals surface area (Å²) in [5, 5.41) is 8.94. The van der Waals surface area contributed by atoms with Crippen molar-refractivity contribution in [2.45, 2.75) is 51.6 Å². The lowest BCUT2D eigenvalue weighted by Crippen LogP contribution is -2.21. The average molecular weight is 236 g/mol. The molecule has 2 N–H and O–H groups in total. The summed E-state index contributed by atoms with van der Waals surface area (Å²) in [5.41, 5.74) is 0.146. The standard InChI is InChI=1S/C13H20N2O2/c1-2-9-4-3-5-10(6-9)12-14-7-11(8-16)13(17)15-12/h7,9-10,16H,2-6,8H2,1H3,(H,14,15,17). The molecule has 0 amide bonds. The summed E-state index contributed by atoms with van der Waals surface area (Å²) in [6.45, 7) is 1.98. The van der Waals surface area contributed by atoms with Gasteiger partial charge in [-0.25, -0.2) is 4.98 Å². The minimum Gasteiger partial charge on any atom is -0.391 e. The zero-order valence-electron chi connectivity index (χ0n) is 10.3. The van der Waals surface area contributed by atoms with E-state index >= 15 is 0 Å². The number of H-pyrrole nitrogens is 1. The van der Waals surface area contributed by atoms with E-state index in [4.69, 9.17) is 5.11 Å². The van der Waals surface area contributed by atoms with Gasteiger partial charge in [0, 0.05) is 12.1 Å². The third kappa shape index (κ3) is 2.75. The van der Waals surface area contributed by atoms with Gasteiger partial charge in [0.1, 0.15) is 5.82 Å². The molecule has 4 heteroatoms. The van der Waals surface area contributed by atoms with Crippen LogP contribution in [0.4, 0.5) is 0 Å². The number of aliphatic hydroxyl groups is 1. The molecule has 0 saturated heterocycles. The Morgan fingerprint density at radius 1 is 1.53 bits per heavy atom. The second-order valence-corrected chi connectivity index (χ2v) is 4.92. The van der Waals surface area contributed by atoms with E-state index in [9.17, 15) is 4.79 Å². The molecular formula is C13H20N2O2. The van der Waals surface area contributed by atoms with Gasteiger partial charge in [-0.2, -0.15) is 0 Å². The number of nitrogens with one attached hydrogen (secondary N) is 1. The van der Waals surface area contributed by atoms with Gasteiger partial charge >= 0.3 is 0 Å². The normalized spacial score (nSPS) is 24.8. The first kappa shape index (κ1) is 12.3. The molecule has 1 aromatic rings. The molecule has 1 aromatic heterocycles. The van der Waals surface area contributed by atoms with E-state index in [1.165, 1.54) is 25.5 Å². The minimum absolute atomic E-state index is 0.198. The second kappa shape index (κ2) is 5.45. The van der Waals surface area contributed by atoms with Crippen molar-refractivity contribution in [1.82, 2.24) is 9.97 Å². The van der Waals surface area contributed by atoms with E-state index in [1.807, 2.05) is 0 Å². The van der Waals surface area contributed by atoms with Crippen LogP contribution < -0.4 is 5.56 Å². The molecule has 0 bridgehead atoms. The maximum absolute atomic E-state index is 11.6. The highest BCUT2D eigenvalue weighted by atomic mass is 16.3. The zero-order valence-corrected chi connectivity index (χ0v) is 10.3. The summed E-state index contributed by atoms with van der Waals surface area (Å²) in [7, 11) is 0. The molecule has 0 aromatic carbocycles. The molecule has 1 aliphatic rings. The fourth-order valence-electron chi connectivity index (χ4n) is 2.67. The van der Waals surface area contributed by atoms with Crippen LogP contribution in [0.1, 0.15) is 56.3 Å². The summed E-state index contributed by atoms with van der Waals surface area (Å²) in [6, 6.07) is 0. The van der Waals surface area contributed by atoms with Crippen molar-refractivity contribution in [2.24, 2.45) is 5.92 Å². The van der Waals surface area contributed by atoms with Crippen molar-refractivity contribution >= 4 is 0 Å². The van der Waals surface area contributed by atoms with Crippen LogP contribution in [0.2, 0.25) is 0 Å². The molecule has 4 nitrogen and oxygen atoms in total. The summed E-state index contributed by atoms with van der Waals surface area (Å²) < 4.78 is 0. The Balaban J connectivity index is 2.16. The van der Waals surface area contributed by atoms with E-state index in [2.05, 4.69) is 16.9 Å². The van der Waals surface area contributed by atoms with Crippen molar-refractivity contribution in [3.63, 3.8) is 0 Å². The number of rotatable bonds is 3. The summed E-state index contributed by atoms with van der Waals surface area (Å²) in [6.07, 6.45) is 7.45. The highest BCUT2D eigenvalue weighted by Crippen LogP contribution is 2.35. The van der Waals surface area contributed by atoms with Crippen molar-refractivity contribution in [1.29, 1.82) is 0 Å². The number of aromatic nitrogens is 2. The maximum Gasteiger partial charge on any atom is 0.256 e. The van der Waals surface area contributed by atoms with Gasteiger partial charge in [-0.15, -0.1) is 0 Å². The lowest BCUT2D eigenvalue weighted by molar-refractivity contribution is 0.278. The van der Waals surface area contributed by atoms with E-state index in [1.54, 1.807) is 0 Å².